The molecule has 0 aromatic heterocycles. The minimum absolute atomic E-state index is 0.258. The zero-order chi connectivity index (χ0) is 15.3. The fourth-order valence-electron chi connectivity index (χ4n) is 3.13. The molecular formula is C20H19AlO. The summed E-state index contributed by atoms with van der Waals surface area (Å²) in [6, 6.07) is 32.0. The molecule has 3 aromatic carbocycles. The Hall–Kier alpha value is -1.85. The Kier molecular flexibility index (Phi) is 4.75. The highest BCUT2D eigenvalue weighted by Gasteiger charge is 2.35. The first-order chi connectivity index (χ1) is 10.9. The van der Waals surface area contributed by atoms with Gasteiger partial charge in [-0.3, -0.25) is 0 Å². The zero-order valence-corrected chi connectivity index (χ0v) is 14.8. The van der Waals surface area contributed by atoms with Gasteiger partial charge in [-0.25, -0.2) is 0 Å². The Labute approximate surface area is 140 Å². The summed E-state index contributed by atoms with van der Waals surface area (Å²) >= 11 is 0.723. The van der Waals surface area contributed by atoms with Crippen LogP contribution >= 0.6 is 0 Å². The summed E-state index contributed by atoms with van der Waals surface area (Å²) in [6.07, 6.45) is 0. The molecule has 3 aromatic rings. The second-order valence-electron chi connectivity index (χ2n) is 5.44. The molecule has 22 heavy (non-hydrogen) atoms. The molecule has 0 aliphatic carbocycles. The fourth-order valence-corrected chi connectivity index (χ4v) is 3.57. The van der Waals surface area contributed by atoms with Gasteiger partial charge in [0.15, 0.2) is 0 Å². The van der Waals surface area contributed by atoms with Gasteiger partial charge in [-0.05, 0) is 16.7 Å². The smallest absolute Gasteiger partial charge is 0.410 e. The van der Waals surface area contributed by atoms with Crippen molar-refractivity contribution in [3.63, 3.8) is 0 Å². The maximum absolute atomic E-state index is 5.81. The van der Waals surface area contributed by atoms with Crippen molar-refractivity contribution in [3.05, 3.63) is 108 Å². The topological polar surface area (TPSA) is 9.23 Å². The first kappa shape index (κ1) is 15.1. The molecule has 0 heterocycles. The average molecular weight is 302 g/mol. The molecule has 0 N–H and O–H groups in total. The van der Waals surface area contributed by atoms with E-state index in [9.17, 15) is 0 Å². The normalized spacial score (nSPS) is 11.3. The van der Waals surface area contributed by atoms with Crippen molar-refractivity contribution in [2.75, 3.05) is 6.61 Å². The Bertz CT molecular complexity index is 599. The van der Waals surface area contributed by atoms with E-state index in [1.165, 1.54) is 16.7 Å². The second kappa shape index (κ2) is 6.94. The maximum atomic E-state index is 5.81. The molecule has 0 aliphatic rings. The first-order valence-corrected chi connectivity index (χ1v) is 8.35. The van der Waals surface area contributed by atoms with Crippen LogP contribution in [0.15, 0.2) is 91.0 Å². The molecule has 0 saturated heterocycles. The van der Waals surface area contributed by atoms with Crippen molar-refractivity contribution in [1.29, 1.82) is 0 Å². The molecule has 0 atom stereocenters. The van der Waals surface area contributed by atoms with E-state index in [2.05, 4.69) is 91.0 Å². The summed E-state index contributed by atoms with van der Waals surface area (Å²) in [5, 5.41) is 0. The Morgan fingerprint density at radius 2 is 0.909 bits per heavy atom. The van der Waals surface area contributed by atoms with Crippen LogP contribution in [0.4, 0.5) is 0 Å². The summed E-state index contributed by atoms with van der Waals surface area (Å²) in [4.78, 5) is 0. The molecule has 0 amide bonds. The van der Waals surface area contributed by atoms with Gasteiger partial charge in [-0.2, -0.15) is 0 Å². The third kappa shape index (κ3) is 2.74. The second-order valence-corrected chi connectivity index (χ2v) is 6.01. The lowest BCUT2D eigenvalue weighted by atomic mass is 9.70. The van der Waals surface area contributed by atoms with Gasteiger partial charge in [0.2, 0.25) is 0 Å². The number of hydrogen-bond donors (Lipinski definition) is 0. The van der Waals surface area contributed by atoms with Gasteiger partial charge in [-0.15, -0.1) is 0 Å². The summed E-state index contributed by atoms with van der Waals surface area (Å²) < 4.78 is 5.81. The van der Waals surface area contributed by atoms with E-state index in [1.807, 2.05) is 0 Å². The summed E-state index contributed by atoms with van der Waals surface area (Å²) in [7, 11) is 0. The molecule has 0 spiro atoms. The van der Waals surface area contributed by atoms with Crippen LogP contribution in [0.1, 0.15) is 16.7 Å². The molecule has 0 fully saturated rings. The van der Waals surface area contributed by atoms with Crippen molar-refractivity contribution in [1.82, 2.24) is 0 Å². The monoisotopic (exact) mass is 302 g/mol. The summed E-state index contributed by atoms with van der Waals surface area (Å²) in [5.74, 6) is 0. The van der Waals surface area contributed by atoms with Crippen LogP contribution in [0.25, 0.3) is 0 Å². The van der Waals surface area contributed by atoms with Crippen LogP contribution < -0.4 is 0 Å². The lowest BCUT2D eigenvalue weighted by Gasteiger charge is -2.36. The number of benzene rings is 3. The van der Waals surface area contributed by atoms with Crippen LogP contribution in [0.2, 0.25) is 0 Å². The molecule has 108 valence electrons. The summed E-state index contributed by atoms with van der Waals surface area (Å²) in [5.41, 5.74) is 3.54. The van der Waals surface area contributed by atoms with E-state index < -0.39 is 0 Å². The molecule has 0 saturated carbocycles. The van der Waals surface area contributed by atoms with Crippen LogP contribution in [0.5, 0.6) is 0 Å². The molecule has 2 heteroatoms. The van der Waals surface area contributed by atoms with E-state index in [0.717, 1.165) is 16.6 Å². The number of hydrogen-bond acceptors (Lipinski definition) is 1. The minimum atomic E-state index is -0.258. The van der Waals surface area contributed by atoms with Crippen LogP contribution in [-0.4, -0.2) is 23.2 Å². The molecule has 0 aliphatic heterocycles. The molecule has 0 bridgehead atoms. The predicted octanol–water partition coefficient (Wildman–Crippen LogP) is 3.59. The van der Waals surface area contributed by atoms with E-state index in [0.29, 0.717) is 6.61 Å². The van der Waals surface area contributed by atoms with Crippen LogP contribution in [0.3, 0.4) is 0 Å². The Morgan fingerprint density at radius 3 is 1.18 bits per heavy atom. The molecule has 0 radical (unpaired) electrons. The van der Waals surface area contributed by atoms with Crippen molar-refractivity contribution in [3.8, 4) is 0 Å². The zero-order valence-electron chi connectivity index (χ0n) is 12.8. The highest BCUT2D eigenvalue weighted by Crippen LogP contribution is 2.39. The van der Waals surface area contributed by atoms with Gasteiger partial charge in [0.25, 0.3) is 0 Å². The number of rotatable bonds is 5. The van der Waals surface area contributed by atoms with Gasteiger partial charge in [0, 0.05) is 6.61 Å². The first-order valence-electron chi connectivity index (χ1n) is 7.53. The van der Waals surface area contributed by atoms with E-state index in [4.69, 9.17) is 3.79 Å². The van der Waals surface area contributed by atoms with E-state index in [1.54, 1.807) is 0 Å². The molecule has 0 unspecified atom stereocenters. The third-order valence-electron chi connectivity index (χ3n) is 4.16. The van der Waals surface area contributed by atoms with Crippen molar-refractivity contribution < 1.29 is 3.79 Å². The summed E-state index contributed by atoms with van der Waals surface area (Å²) in [6.45, 7) is 0.664. The molecule has 1 nitrogen and oxygen atoms in total. The van der Waals surface area contributed by atoms with Crippen molar-refractivity contribution in [2.24, 2.45) is 0 Å². The van der Waals surface area contributed by atoms with Crippen molar-refractivity contribution >= 4 is 16.6 Å². The average Bonchev–Trinajstić information content (AvgIpc) is 2.62. The highest BCUT2D eigenvalue weighted by molar-refractivity contribution is 5.98. The van der Waals surface area contributed by atoms with E-state index >= 15 is 0 Å². The van der Waals surface area contributed by atoms with Crippen LogP contribution in [-0.2, 0) is 9.20 Å². The Morgan fingerprint density at radius 1 is 0.591 bits per heavy atom. The SMILES string of the molecule is [AlH2][O]CC(c1ccccc1)(c1ccccc1)c1ccccc1. The van der Waals surface area contributed by atoms with Gasteiger partial charge < -0.3 is 3.79 Å². The van der Waals surface area contributed by atoms with Crippen LogP contribution in [0, 0.1) is 0 Å². The lowest BCUT2D eigenvalue weighted by Crippen LogP contribution is -2.34. The highest BCUT2D eigenvalue weighted by atomic mass is 27.1. The maximum Gasteiger partial charge on any atom is 0.410 e. The molecule has 3 rings (SSSR count). The quantitative estimate of drug-likeness (QED) is 0.517. The van der Waals surface area contributed by atoms with Gasteiger partial charge in [0.05, 0.1) is 5.41 Å². The van der Waals surface area contributed by atoms with Crippen molar-refractivity contribution in [2.45, 2.75) is 5.41 Å². The molecular weight excluding hydrogens is 283 g/mol. The predicted molar refractivity (Wildman–Crippen MR) is 93.7 cm³/mol. The lowest BCUT2D eigenvalue weighted by molar-refractivity contribution is 0.289. The third-order valence-corrected chi connectivity index (χ3v) is 4.45. The van der Waals surface area contributed by atoms with E-state index in [-0.39, 0.29) is 5.41 Å². The Balaban J connectivity index is 2.29. The van der Waals surface area contributed by atoms with Gasteiger partial charge >= 0.3 is 16.6 Å². The fraction of sp³-hybridized carbons (Fsp3) is 0.100. The minimum Gasteiger partial charge on any atom is -0.505 e. The largest absolute Gasteiger partial charge is 0.505 e. The standard InChI is InChI=1S/C20H17O.Al.2H/c21-16-20(17-10-4-1-5-11-17,18-12-6-2-7-13-18)19-14-8-3-9-15-19;;;/h1-15H,16H2;;;/q-1;+1;;. The van der Waals surface area contributed by atoms with Gasteiger partial charge in [0.1, 0.15) is 0 Å². The van der Waals surface area contributed by atoms with Gasteiger partial charge in [-0.1, -0.05) is 91.0 Å².